The van der Waals surface area contributed by atoms with Gasteiger partial charge in [0.25, 0.3) is 0 Å². The van der Waals surface area contributed by atoms with Gasteiger partial charge in [0.05, 0.1) is 0 Å². The molecule has 2 aromatic carbocycles. The minimum Gasteiger partial charge on any atom is -0.508 e. The molecule has 2 heteroatoms. The van der Waals surface area contributed by atoms with E-state index in [1.807, 2.05) is 25.1 Å². The average molecular weight is 228 g/mol. The van der Waals surface area contributed by atoms with Crippen molar-refractivity contribution in [2.75, 3.05) is 0 Å². The monoisotopic (exact) mass is 228 g/mol. The SMILES string of the molecule is CC(Cc1ccccc1)c1cc(O)ccc1O. The molecule has 2 N–H and O–H groups in total. The van der Waals surface area contributed by atoms with Crippen LogP contribution in [-0.2, 0) is 6.42 Å². The minimum atomic E-state index is 0.171. The number of aromatic hydroxyl groups is 2. The van der Waals surface area contributed by atoms with Gasteiger partial charge in [0.15, 0.2) is 0 Å². The summed E-state index contributed by atoms with van der Waals surface area (Å²) in [5, 5.41) is 19.2. The Morgan fingerprint density at radius 3 is 2.41 bits per heavy atom. The number of phenols is 2. The van der Waals surface area contributed by atoms with Gasteiger partial charge in [-0.05, 0) is 36.1 Å². The van der Waals surface area contributed by atoms with E-state index in [1.54, 1.807) is 6.07 Å². The van der Waals surface area contributed by atoms with Crippen LogP contribution in [0.25, 0.3) is 0 Å². The van der Waals surface area contributed by atoms with Crippen LogP contribution in [0.2, 0.25) is 0 Å². The van der Waals surface area contributed by atoms with Gasteiger partial charge >= 0.3 is 0 Å². The highest BCUT2D eigenvalue weighted by Crippen LogP contribution is 2.31. The van der Waals surface area contributed by atoms with Crippen LogP contribution in [0.15, 0.2) is 48.5 Å². The Morgan fingerprint density at radius 2 is 1.71 bits per heavy atom. The van der Waals surface area contributed by atoms with Crippen molar-refractivity contribution in [1.82, 2.24) is 0 Å². The van der Waals surface area contributed by atoms with E-state index in [9.17, 15) is 10.2 Å². The number of benzene rings is 2. The van der Waals surface area contributed by atoms with E-state index in [1.165, 1.54) is 17.7 Å². The molecule has 0 aliphatic carbocycles. The molecule has 1 unspecified atom stereocenters. The van der Waals surface area contributed by atoms with Crippen molar-refractivity contribution in [3.05, 3.63) is 59.7 Å². The van der Waals surface area contributed by atoms with Gasteiger partial charge in [-0.15, -0.1) is 0 Å². The van der Waals surface area contributed by atoms with Gasteiger partial charge in [0, 0.05) is 5.56 Å². The average Bonchev–Trinajstić information content (AvgIpc) is 2.33. The summed E-state index contributed by atoms with van der Waals surface area (Å²) >= 11 is 0. The van der Waals surface area contributed by atoms with Crippen molar-refractivity contribution in [1.29, 1.82) is 0 Å². The number of phenolic OH excluding ortho intramolecular Hbond substituents is 2. The molecule has 0 aliphatic rings. The first-order valence-electron chi connectivity index (χ1n) is 5.72. The maximum Gasteiger partial charge on any atom is 0.119 e. The largest absolute Gasteiger partial charge is 0.508 e. The Kier molecular flexibility index (Phi) is 3.33. The second-order valence-electron chi connectivity index (χ2n) is 4.33. The van der Waals surface area contributed by atoms with E-state index in [0.717, 1.165) is 12.0 Å². The lowest BCUT2D eigenvalue weighted by molar-refractivity contribution is 0.449. The molecule has 0 heterocycles. The van der Waals surface area contributed by atoms with Crippen molar-refractivity contribution >= 4 is 0 Å². The fourth-order valence-corrected chi connectivity index (χ4v) is 2.01. The van der Waals surface area contributed by atoms with E-state index in [-0.39, 0.29) is 17.4 Å². The van der Waals surface area contributed by atoms with E-state index in [2.05, 4.69) is 12.1 Å². The highest BCUT2D eigenvalue weighted by molar-refractivity contribution is 5.41. The summed E-state index contributed by atoms with van der Waals surface area (Å²) in [7, 11) is 0. The van der Waals surface area contributed by atoms with Gasteiger partial charge in [-0.25, -0.2) is 0 Å². The second kappa shape index (κ2) is 4.91. The summed E-state index contributed by atoms with van der Waals surface area (Å²) in [4.78, 5) is 0. The zero-order valence-corrected chi connectivity index (χ0v) is 9.80. The van der Waals surface area contributed by atoms with E-state index in [0.29, 0.717) is 0 Å². The molecule has 0 aliphatic heterocycles. The molecule has 0 saturated carbocycles. The van der Waals surface area contributed by atoms with Crippen LogP contribution in [0.3, 0.4) is 0 Å². The van der Waals surface area contributed by atoms with Gasteiger partial charge in [-0.2, -0.15) is 0 Å². The van der Waals surface area contributed by atoms with Crippen LogP contribution >= 0.6 is 0 Å². The molecule has 0 aromatic heterocycles. The van der Waals surface area contributed by atoms with Crippen LogP contribution in [0.1, 0.15) is 24.0 Å². The summed E-state index contributed by atoms with van der Waals surface area (Å²) in [5.41, 5.74) is 2.01. The first-order valence-corrected chi connectivity index (χ1v) is 5.72. The fraction of sp³-hybridized carbons (Fsp3) is 0.200. The highest BCUT2D eigenvalue weighted by atomic mass is 16.3. The molecule has 2 rings (SSSR count). The maximum atomic E-state index is 9.77. The molecule has 0 saturated heterocycles. The van der Waals surface area contributed by atoms with Crippen molar-refractivity contribution in [3.63, 3.8) is 0 Å². The highest BCUT2D eigenvalue weighted by Gasteiger charge is 2.11. The number of rotatable bonds is 3. The third-order valence-corrected chi connectivity index (χ3v) is 2.93. The molecule has 0 bridgehead atoms. The standard InChI is InChI=1S/C15H16O2/c1-11(9-12-5-3-2-4-6-12)14-10-13(16)7-8-15(14)17/h2-8,10-11,16-17H,9H2,1H3. The molecule has 88 valence electrons. The Hall–Kier alpha value is -1.96. The predicted molar refractivity (Wildman–Crippen MR) is 68.3 cm³/mol. The minimum absolute atomic E-state index is 0.171. The van der Waals surface area contributed by atoms with Gasteiger partial charge in [-0.3, -0.25) is 0 Å². The van der Waals surface area contributed by atoms with Crippen molar-refractivity contribution < 1.29 is 10.2 Å². The molecular weight excluding hydrogens is 212 g/mol. The quantitative estimate of drug-likeness (QED) is 0.790. The summed E-state index contributed by atoms with van der Waals surface area (Å²) < 4.78 is 0. The first-order chi connectivity index (χ1) is 8.16. The predicted octanol–water partition coefficient (Wildman–Crippen LogP) is 3.44. The van der Waals surface area contributed by atoms with E-state index < -0.39 is 0 Å². The lowest BCUT2D eigenvalue weighted by atomic mass is 9.93. The Bertz CT molecular complexity index is 492. The maximum absolute atomic E-state index is 9.77. The van der Waals surface area contributed by atoms with E-state index in [4.69, 9.17) is 0 Å². The normalized spacial score (nSPS) is 12.3. The summed E-state index contributed by atoms with van der Waals surface area (Å²) in [5.74, 6) is 0.605. The molecule has 0 radical (unpaired) electrons. The van der Waals surface area contributed by atoms with Gasteiger partial charge in [-0.1, -0.05) is 37.3 Å². The first kappa shape index (κ1) is 11.5. The van der Waals surface area contributed by atoms with Gasteiger partial charge in [0.2, 0.25) is 0 Å². The Labute approximate surface area is 101 Å². The zero-order valence-electron chi connectivity index (χ0n) is 9.80. The van der Waals surface area contributed by atoms with Gasteiger partial charge < -0.3 is 10.2 Å². The molecule has 2 nitrogen and oxygen atoms in total. The van der Waals surface area contributed by atoms with Crippen molar-refractivity contribution in [2.45, 2.75) is 19.3 Å². The van der Waals surface area contributed by atoms with Crippen LogP contribution in [0.4, 0.5) is 0 Å². The summed E-state index contributed by atoms with van der Waals surface area (Å²) in [6.07, 6.45) is 0.845. The Balaban J connectivity index is 2.20. The van der Waals surface area contributed by atoms with E-state index >= 15 is 0 Å². The summed E-state index contributed by atoms with van der Waals surface area (Å²) in [6, 6.07) is 14.8. The molecular formula is C15H16O2. The third kappa shape index (κ3) is 2.78. The number of hydrogen-bond acceptors (Lipinski definition) is 2. The smallest absolute Gasteiger partial charge is 0.119 e. The summed E-state index contributed by atoms with van der Waals surface area (Å²) in [6.45, 7) is 2.04. The topological polar surface area (TPSA) is 40.5 Å². The zero-order chi connectivity index (χ0) is 12.3. The lowest BCUT2D eigenvalue weighted by Gasteiger charge is -2.14. The van der Waals surface area contributed by atoms with Crippen molar-refractivity contribution in [2.24, 2.45) is 0 Å². The molecule has 0 fully saturated rings. The van der Waals surface area contributed by atoms with Crippen LogP contribution in [0, 0.1) is 0 Å². The molecule has 1 atom stereocenters. The van der Waals surface area contributed by atoms with Gasteiger partial charge in [0.1, 0.15) is 11.5 Å². The molecule has 17 heavy (non-hydrogen) atoms. The van der Waals surface area contributed by atoms with Crippen molar-refractivity contribution in [3.8, 4) is 11.5 Å². The fourth-order valence-electron chi connectivity index (χ4n) is 2.01. The lowest BCUT2D eigenvalue weighted by Crippen LogP contribution is -1.98. The second-order valence-corrected chi connectivity index (χ2v) is 4.33. The third-order valence-electron chi connectivity index (χ3n) is 2.93. The molecule has 2 aromatic rings. The molecule has 0 amide bonds. The molecule has 0 spiro atoms. The number of hydrogen-bond donors (Lipinski definition) is 2. The van der Waals surface area contributed by atoms with Crippen LogP contribution < -0.4 is 0 Å². The van der Waals surface area contributed by atoms with Crippen LogP contribution in [-0.4, -0.2) is 10.2 Å². The van der Waals surface area contributed by atoms with Crippen LogP contribution in [0.5, 0.6) is 11.5 Å². The Morgan fingerprint density at radius 1 is 1.00 bits per heavy atom.